The first-order valence-electron chi connectivity index (χ1n) is 7.29. The zero-order chi connectivity index (χ0) is 16.3. The molecule has 2 atom stereocenters. The van der Waals surface area contributed by atoms with E-state index in [1.807, 2.05) is 20.0 Å². The van der Waals surface area contributed by atoms with Crippen LogP contribution in [0.2, 0.25) is 10.0 Å². The summed E-state index contributed by atoms with van der Waals surface area (Å²) in [5.41, 5.74) is 1.00. The summed E-state index contributed by atoms with van der Waals surface area (Å²) in [5.74, 6) is -0.139. The molecule has 1 unspecified atom stereocenters. The van der Waals surface area contributed by atoms with E-state index >= 15 is 0 Å². The third-order valence-corrected chi connectivity index (χ3v) is 4.34. The van der Waals surface area contributed by atoms with Crippen molar-refractivity contribution in [2.45, 2.75) is 32.4 Å². The summed E-state index contributed by atoms with van der Waals surface area (Å²) < 4.78 is 0. The van der Waals surface area contributed by atoms with Gasteiger partial charge in [-0.3, -0.25) is 4.79 Å². The van der Waals surface area contributed by atoms with E-state index in [1.165, 1.54) is 4.90 Å². The Morgan fingerprint density at radius 2 is 2.00 bits per heavy atom. The van der Waals surface area contributed by atoms with Gasteiger partial charge in [-0.15, -0.1) is 0 Å². The Bertz CT molecular complexity index is 580. The lowest BCUT2D eigenvalue weighted by molar-refractivity contribution is -0.901. The van der Waals surface area contributed by atoms with E-state index in [0.717, 1.165) is 16.9 Å². The van der Waals surface area contributed by atoms with E-state index in [4.69, 9.17) is 23.2 Å². The first-order valence-corrected chi connectivity index (χ1v) is 8.05. The molecule has 3 amide bonds. The number of rotatable bonds is 6. The number of quaternary nitrogens is 1. The van der Waals surface area contributed by atoms with Crippen molar-refractivity contribution < 1.29 is 14.5 Å². The maximum atomic E-state index is 12.2. The molecular formula is C15H20Cl2N3O2+. The van der Waals surface area contributed by atoms with Gasteiger partial charge in [-0.25, -0.2) is 9.69 Å². The van der Waals surface area contributed by atoms with Crippen LogP contribution in [0.3, 0.4) is 0 Å². The molecule has 1 aliphatic heterocycles. The Morgan fingerprint density at radius 3 is 2.64 bits per heavy atom. The van der Waals surface area contributed by atoms with Gasteiger partial charge in [-0.05, 0) is 18.6 Å². The summed E-state index contributed by atoms with van der Waals surface area (Å²) in [4.78, 5) is 26.4. The average Bonchev–Trinajstić information content (AvgIpc) is 2.71. The summed E-state index contributed by atoms with van der Waals surface area (Å²) >= 11 is 11.9. The maximum Gasteiger partial charge on any atom is 0.329 e. The fourth-order valence-corrected chi connectivity index (χ4v) is 2.86. The van der Waals surface area contributed by atoms with Crippen molar-refractivity contribution in [1.29, 1.82) is 0 Å². The molecule has 2 rings (SSSR count). The maximum absolute atomic E-state index is 12.2. The Kier molecular flexibility index (Phi) is 5.67. The number of amides is 3. The summed E-state index contributed by atoms with van der Waals surface area (Å²) in [6.07, 6.45) is 1.53. The number of urea groups is 1. The van der Waals surface area contributed by atoms with Crippen molar-refractivity contribution in [3.8, 4) is 0 Å². The number of nitrogens with one attached hydrogen (secondary N) is 2. The average molecular weight is 345 g/mol. The van der Waals surface area contributed by atoms with Crippen LogP contribution in [-0.4, -0.2) is 36.6 Å². The van der Waals surface area contributed by atoms with Crippen LogP contribution in [-0.2, 0) is 11.3 Å². The number of halogens is 2. The van der Waals surface area contributed by atoms with Crippen LogP contribution < -0.4 is 10.2 Å². The minimum atomic E-state index is -0.379. The third-order valence-electron chi connectivity index (χ3n) is 3.60. The number of hydrogen-bond acceptors (Lipinski definition) is 2. The van der Waals surface area contributed by atoms with Gasteiger partial charge in [0.15, 0.2) is 6.67 Å². The number of imide groups is 1. The van der Waals surface area contributed by atoms with E-state index in [9.17, 15) is 9.59 Å². The monoisotopic (exact) mass is 344 g/mol. The zero-order valence-electron chi connectivity index (χ0n) is 12.7. The van der Waals surface area contributed by atoms with Gasteiger partial charge in [0.25, 0.3) is 5.91 Å². The molecule has 2 N–H and O–H groups in total. The highest BCUT2D eigenvalue weighted by atomic mass is 35.5. The second-order valence-corrected chi connectivity index (χ2v) is 6.41. The molecule has 22 heavy (non-hydrogen) atoms. The van der Waals surface area contributed by atoms with Crippen LogP contribution >= 0.6 is 23.2 Å². The molecule has 120 valence electrons. The lowest BCUT2D eigenvalue weighted by Crippen LogP contribution is -3.09. The van der Waals surface area contributed by atoms with E-state index in [0.29, 0.717) is 29.7 Å². The molecule has 5 nitrogen and oxygen atoms in total. The summed E-state index contributed by atoms with van der Waals surface area (Å²) in [7, 11) is 1.93. The largest absolute Gasteiger partial charge is 0.329 e. The van der Waals surface area contributed by atoms with Crippen LogP contribution in [0.15, 0.2) is 18.2 Å². The number of nitrogens with zero attached hydrogens (tertiary/aromatic N) is 1. The van der Waals surface area contributed by atoms with Crippen LogP contribution in [0.5, 0.6) is 0 Å². The standard InChI is InChI=1S/C15H19Cl2N3O2/c1-3-4-13-14(21)20(15(22)18-13)9-19(2)8-10-5-6-11(16)12(17)7-10/h5-7,13H,3-4,8-9H2,1-2H3,(H,18,22)/p+1/t13-/m1/s1. The van der Waals surface area contributed by atoms with Crippen molar-refractivity contribution >= 4 is 35.1 Å². The van der Waals surface area contributed by atoms with Gasteiger partial charge in [0.05, 0.1) is 17.1 Å². The van der Waals surface area contributed by atoms with Crippen LogP contribution in [0.25, 0.3) is 0 Å². The van der Waals surface area contributed by atoms with Crippen molar-refractivity contribution in [1.82, 2.24) is 10.2 Å². The Morgan fingerprint density at radius 1 is 1.27 bits per heavy atom. The third kappa shape index (κ3) is 3.91. The molecule has 0 bridgehead atoms. The highest BCUT2D eigenvalue weighted by molar-refractivity contribution is 6.42. The molecular weight excluding hydrogens is 325 g/mol. The Balaban J connectivity index is 1.96. The minimum absolute atomic E-state index is 0.139. The van der Waals surface area contributed by atoms with Crippen LogP contribution in [0.1, 0.15) is 25.3 Å². The predicted octanol–water partition coefficient (Wildman–Crippen LogP) is 1.69. The van der Waals surface area contributed by atoms with Crippen molar-refractivity contribution in [3.05, 3.63) is 33.8 Å². The number of carbonyl (C=O) groups is 2. The second-order valence-electron chi connectivity index (χ2n) is 5.60. The predicted molar refractivity (Wildman–Crippen MR) is 86.0 cm³/mol. The first kappa shape index (κ1) is 17.1. The van der Waals surface area contributed by atoms with Gasteiger partial charge < -0.3 is 10.2 Å². The molecule has 1 aromatic carbocycles. The highest BCUT2D eigenvalue weighted by Crippen LogP contribution is 2.22. The molecule has 1 heterocycles. The number of carbonyl (C=O) groups excluding carboxylic acids is 2. The van der Waals surface area contributed by atoms with Crippen molar-refractivity contribution in [2.24, 2.45) is 0 Å². The molecule has 0 aromatic heterocycles. The molecule has 1 aliphatic rings. The van der Waals surface area contributed by atoms with Gasteiger partial charge in [-0.2, -0.15) is 0 Å². The molecule has 1 aromatic rings. The number of benzene rings is 1. The summed E-state index contributed by atoms with van der Waals surface area (Å²) in [6.45, 7) is 2.96. The smallest absolute Gasteiger partial charge is 0.326 e. The van der Waals surface area contributed by atoms with E-state index < -0.39 is 0 Å². The SMILES string of the molecule is CCC[C@H]1NC(=O)N(C[NH+](C)Cc2ccc(Cl)c(Cl)c2)C1=O. The Labute approximate surface area is 140 Å². The fraction of sp³-hybridized carbons (Fsp3) is 0.467. The molecule has 7 heteroatoms. The van der Waals surface area contributed by atoms with Gasteiger partial charge in [0.1, 0.15) is 12.6 Å². The minimum Gasteiger partial charge on any atom is -0.326 e. The summed E-state index contributed by atoms with van der Waals surface area (Å²) in [5, 5.41) is 3.74. The van der Waals surface area contributed by atoms with Crippen molar-refractivity contribution in [2.75, 3.05) is 13.7 Å². The lowest BCUT2D eigenvalue weighted by Gasteiger charge is -2.19. The second kappa shape index (κ2) is 7.31. The molecule has 0 saturated carbocycles. The van der Waals surface area contributed by atoms with Crippen LogP contribution in [0.4, 0.5) is 4.79 Å². The van der Waals surface area contributed by atoms with Crippen molar-refractivity contribution in [3.63, 3.8) is 0 Å². The van der Waals surface area contributed by atoms with Gasteiger partial charge in [0, 0.05) is 5.56 Å². The molecule has 1 fully saturated rings. The summed E-state index contributed by atoms with van der Waals surface area (Å²) in [6, 6.07) is 4.76. The fourth-order valence-electron chi connectivity index (χ4n) is 2.53. The molecule has 1 saturated heterocycles. The van der Waals surface area contributed by atoms with Crippen LogP contribution in [0, 0.1) is 0 Å². The zero-order valence-corrected chi connectivity index (χ0v) is 14.2. The van der Waals surface area contributed by atoms with Gasteiger partial charge >= 0.3 is 6.03 Å². The first-order chi connectivity index (χ1) is 10.4. The topological polar surface area (TPSA) is 53.9 Å². The molecule has 0 radical (unpaired) electrons. The van der Waals surface area contributed by atoms with E-state index in [-0.39, 0.29) is 18.0 Å². The molecule has 0 spiro atoms. The number of hydrogen-bond donors (Lipinski definition) is 2. The quantitative estimate of drug-likeness (QED) is 0.771. The Hall–Kier alpha value is -1.30. The van der Waals surface area contributed by atoms with E-state index in [1.54, 1.807) is 12.1 Å². The lowest BCUT2D eigenvalue weighted by atomic mass is 10.2. The van der Waals surface area contributed by atoms with E-state index in [2.05, 4.69) is 5.32 Å². The molecule has 0 aliphatic carbocycles. The van der Waals surface area contributed by atoms with Gasteiger partial charge in [-0.1, -0.05) is 42.6 Å². The normalized spacial score (nSPS) is 19.5. The van der Waals surface area contributed by atoms with Gasteiger partial charge in [0.2, 0.25) is 0 Å². The highest BCUT2D eigenvalue weighted by Gasteiger charge is 2.38.